The fourth-order valence-electron chi connectivity index (χ4n) is 2.58. The number of pyridine rings is 1. The molecule has 0 radical (unpaired) electrons. The minimum Gasteiger partial charge on any atom is -0.495 e. The zero-order valence-electron chi connectivity index (χ0n) is 12.6. The highest BCUT2D eigenvalue weighted by molar-refractivity contribution is 5.92. The zero-order chi connectivity index (χ0) is 15.4. The Morgan fingerprint density at radius 1 is 1.18 bits per heavy atom. The highest BCUT2D eigenvalue weighted by atomic mass is 16.5. The normalized spacial score (nSPS) is 14.0. The molecule has 0 unspecified atom stereocenters. The average Bonchev–Trinajstić information content (AvgIpc) is 3.10. The quantitative estimate of drug-likeness (QED) is 0.942. The molecule has 1 aliphatic heterocycles. The van der Waals surface area contributed by atoms with Crippen molar-refractivity contribution in [2.24, 2.45) is 0 Å². The summed E-state index contributed by atoms with van der Waals surface area (Å²) in [5.41, 5.74) is 2.18. The lowest BCUT2D eigenvalue weighted by atomic mass is 10.2. The van der Waals surface area contributed by atoms with Gasteiger partial charge in [-0.3, -0.25) is 4.79 Å². The zero-order valence-corrected chi connectivity index (χ0v) is 12.6. The first kappa shape index (κ1) is 14.4. The number of ether oxygens (including phenoxy) is 1. The van der Waals surface area contributed by atoms with Crippen molar-refractivity contribution in [3.8, 4) is 5.75 Å². The van der Waals surface area contributed by atoms with Crippen LogP contribution in [0.5, 0.6) is 5.75 Å². The Labute approximate surface area is 129 Å². The molecule has 0 aliphatic carbocycles. The molecule has 1 N–H and O–H groups in total. The Morgan fingerprint density at radius 2 is 1.95 bits per heavy atom. The number of likely N-dealkylation sites (tertiary alicyclic amines) is 1. The van der Waals surface area contributed by atoms with Crippen molar-refractivity contribution >= 4 is 17.3 Å². The van der Waals surface area contributed by atoms with Gasteiger partial charge in [0.1, 0.15) is 11.4 Å². The summed E-state index contributed by atoms with van der Waals surface area (Å²) >= 11 is 0. The molecule has 5 heteroatoms. The molecule has 2 heterocycles. The number of hydrogen-bond acceptors (Lipinski definition) is 4. The summed E-state index contributed by atoms with van der Waals surface area (Å²) in [6.07, 6.45) is 3.84. The molecule has 1 aliphatic rings. The largest absolute Gasteiger partial charge is 0.495 e. The third kappa shape index (κ3) is 3.03. The molecule has 0 bridgehead atoms. The summed E-state index contributed by atoms with van der Waals surface area (Å²) in [4.78, 5) is 18.4. The summed E-state index contributed by atoms with van der Waals surface area (Å²) in [5.74, 6) is 0.779. The summed E-state index contributed by atoms with van der Waals surface area (Å²) in [7, 11) is 1.64. The lowest BCUT2D eigenvalue weighted by Crippen LogP contribution is -2.28. The third-order valence-corrected chi connectivity index (χ3v) is 3.76. The molecule has 1 aromatic carbocycles. The second-order valence-electron chi connectivity index (χ2n) is 5.26. The highest BCUT2D eigenvalue weighted by Gasteiger charge is 2.20. The molecule has 0 saturated carbocycles. The van der Waals surface area contributed by atoms with E-state index >= 15 is 0 Å². The molecule has 2 aromatic rings. The van der Waals surface area contributed by atoms with Gasteiger partial charge in [0.2, 0.25) is 0 Å². The Bertz CT molecular complexity index is 649. The minimum atomic E-state index is 0.0151. The molecule has 22 heavy (non-hydrogen) atoms. The minimum absolute atomic E-state index is 0.0151. The van der Waals surface area contributed by atoms with Crippen LogP contribution in [0.25, 0.3) is 0 Å². The van der Waals surface area contributed by atoms with Gasteiger partial charge >= 0.3 is 0 Å². The average molecular weight is 297 g/mol. The highest BCUT2D eigenvalue weighted by Crippen LogP contribution is 2.26. The van der Waals surface area contributed by atoms with Gasteiger partial charge in [-0.05, 0) is 37.1 Å². The Kier molecular flexibility index (Phi) is 4.23. The fraction of sp³-hybridized carbons (Fsp3) is 0.294. The van der Waals surface area contributed by atoms with Crippen molar-refractivity contribution in [2.75, 3.05) is 25.5 Å². The third-order valence-electron chi connectivity index (χ3n) is 3.76. The van der Waals surface area contributed by atoms with Gasteiger partial charge in [0, 0.05) is 13.1 Å². The summed E-state index contributed by atoms with van der Waals surface area (Å²) in [6, 6.07) is 11.3. The number of hydrogen-bond donors (Lipinski definition) is 1. The van der Waals surface area contributed by atoms with Crippen LogP contribution in [0.1, 0.15) is 23.3 Å². The van der Waals surface area contributed by atoms with E-state index in [2.05, 4.69) is 10.3 Å². The monoisotopic (exact) mass is 297 g/mol. The van der Waals surface area contributed by atoms with Gasteiger partial charge in [-0.25, -0.2) is 4.98 Å². The van der Waals surface area contributed by atoms with Crippen LogP contribution in [0.3, 0.4) is 0 Å². The first-order valence-electron chi connectivity index (χ1n) is 7.43. The van der Waals surface area contributed by atoms with Gasteiger partial charge in [-0.15, -0.1) is 0 Å². The van der Waals surface area contributed by atoms with Gasteiger partial charge < -0.3 is 15.0 Å². The van der Waals surface area contributed by atoms with Crippen LogP contribution in [-0.4, -0.2) is 36.0 Å². The predicted molar refractivity (Wildman–Crippen MR) is 85.7 cm³/mol. The van der Waals surface area contributed by atoms with E-state index in [0.717, 1.165) is 43.1 Å². The van der Waals surface area contributed by atoms with Gasteiger partial charge in [0.05, 0.1) is 24.7 Å². The van der Waals surface area contributed by atoms with Crippen LogP contribution in [-0.2, 0) is 0 Å². The number of para-hydroxylation sites is 2. The number of nitrogens with one attached hydrogen (secondary N) is 1. The summed E-state index contributed by atoms with van der Waals surface area (Å²) in [6.45, 7) is 1.67. The SMILES string of the molecule is COc1ccccc1Nc1ccc(C(=O)N2CCCC2)nc1. The maximum Gasteiger partial charge on any atom is 0.272 e. The Morgan fingerprint density at radius 3 is 2.64 bits per heavy atom. The van der Waals surface area contributed by atoms with Crippen LogP contribution >= 0.6 is 0 Å². The first-order valence-corrected chi connectivity index (χ1v) is 7.43. The molecule has 1 fully saturated rings. The molecule has 114 valence electrons. The van der Waals surface area contributed by atoms with Crippen molar-refractivity contribution in [3.63, 3.8) is 0 Å². The van der Waals surface area contributed by atoms with Crippen LogP contribution in [0.4, 0.5) is 11.4 Å². The van der Waals surface area contributed by atoms with Crippen molar-refractivity contribution in [1.82, 2.24) is 9.88 Å². The maximum absolute atomic E-state index is 12.2. The van der Waals surface area contributed by atoms with Crippen molar-refractivity contribution in [1.29, 1.82) is 0 Å². The summed E-state index contributed by atoms with van der Waals surface area (Å²) < 4.78 is 5.30. The number of anilines is 2. The van der Waals surface area contributed by atoms with E-state index < -0.39 is 0 Å². The Balaban J connectivity index is 1.72. The number of amides is 1. The van der Waals surface area contributed by atoms with Crippen LogP contribution in [0.15, 0.2) is 42.6 Å². The second-order valence-corrected chi connectivity index (χ2v) is 5.26. The van der Waals surface area contributed by atoms with E-state index in [1.165, 1.54) is 0 Å². The van der Waals surface area contributed by atoms with Crippen molar-refractivity contribution in [3.05, 3.63) is 48.3 Å². The van der Waals surface area contributed by atoms with E-state index in [-0.39, 0.29) is 5.91 Å². The topological polar surface area (TPSA) is 54.5 Å². The first-order chi connectivity index (χ1) is 10.8. The lowest BCUT2D eigenvalue weighted by molar-refractivity contribution is 0.0787. The molecule has 1 saturated heterocycles. The number of nitrogens with zero attached hydrogens (tertiary/aromatic N) is 2. The van der Waals surface area contributed by atoms with Crippen molar-refractivity contribution in [2.45, 2.75) is 12.8 Å². The number of carbonyl (C=O) groups is 1. The number of aromatic nitrogens is 1. The molecular formula is C17H19N3O2. The smallest absolute Gasteiger partial charge is 0.272 e. The number of carbonyl (C=O) groups excluding carboxylic acids is 1. The number of benzene rings is 1. The molecule has 3 rings (SSSR count). The number of methoxy groups -OCH3 is 1. The van der Waals surface area contributed by atoms with E-state index in [4.69, 9.17) is 4.74 Å². The van der Waals surface area contributed by atoms with Crippen molar-refractivity contribution < 1.29 is 9.53 Å². The molecular weight excluding hydrogens is 278 g/mol. The van der Waals surface area contributed by atoms with E-state index in [9.17, 15) is 4.79 Å². The fourth-order valence-corrected chi connectivity index (χ4v) is 2.58. The molecule has 1 amide bonds. The molecule has 1 aromatic heterocycles. The van der Waals surface area contributed by atoms with Crippen LogP contribution < -0.4 is 10.1 Å². The Hall–Kier alpha value is -2.56. The summed E-state index contributed by atoms with van der Waals surface area (Å²) in [5, 5.41) is 3.25. The standard InChI is InChI=1S/C17H19N3O2/c1-22-16-7-3-2-6-14(16)19-13-8-9-15(18-12-13)17(21)20-10-4-5-11-20/h2-3,6-9,12,19H,4-5,10-11H2,1H3. The van der Waals surface area contributed by atoms with Gasteiger partial charge in [-0.1, -0.05) is 12.1 Å². The molecule has 0 atom stereocenters. The molecule has 0 spiro atoms. The number of rotatable bonds is 4. The van der Waals surface area contributed by atoms with Crippen LogP contribution in [0.2, 0.25) is 0 Å². The molecule has 5 nitrogen and oxygen atoms in total. The second kappa shape index (κ2) is 6.47. The lowest BCUT2D eigenvalue weighted by Gasteiger charge is -2.15. The predicted octanol–water partition coefficient (Wildman–Crippen LogP) is 3.07. The van der Waals surface area contributed by atoms with E-state index in [0.29, 0.717) is 5.69 Å². The maximum atomic E-state index is 12.2. The van der Waals surface area contributed by atoms with Gasteiger partial charge in [0.15, 0.2) is 0 Å². The van der Waals surface area contributed by atoms with E-state index in [1.54, 1.807) is 19.4 Å². The van der Waals surface area contributed by atoms with Gasteiger partial charge in [0.25, 0.3) is 5.91 Å². The van der Waals surface area contributed by atoms with E-state index in [1.807, 2.05) is 35.2 Å². The van der Waals surface area contributed by atoms with Gasteiger partial charge in [-0.2, -0.15) is 0 Å². The van der Waals surface area contributed by atoms with Crippen LogP contribution in [0, 0.1) is 0 Å².